The van der Waals surface area contributed by atoms with Crippen LogP contribution in [0.15, 0.2) is 12.1 Å². The Labute approximate surface area is 173 Å². The van der Waals surface area contributed by atoms with Crippen LogP contribution in [0, 0.1) is 17.5 Å². The molecule has 30 heavy (non-hydrogen) atoms. The minimum Gasteiger partial charge on any atom is -0.331 e. The highest BCUT2D eigenvalue weighted by Crippen LogP contribution is 2.33. The van der Waals surface area contributed by atoms with Crippen molar-refractivity contribution in [2.75, 3.05) is 6.54 Å². The molecular weight excluding hydrogens is 440 g/mol. The Morgan fingerprint density at radius 2 is 1.80 bits per heavy atom. The summed E-state index contributed by atoms with van der Waals surface area (Å²) in [4.78, 5) is 13.9. The number of carbonyl (C=O) groups excluding carboxylic acids is 1. The van der Waals surface area contributed by atoms with Gasteiger partial charge >= 0.3 is 6.18 Å². The summed E-state index contributed by atoms with van der Waals surface area (Å²) in [5.41, 5.74) is 5.68. The predicted molar refractivity (Wildman–Crippen MR) is 95.0 cm³/mol. The SMILES string of the molecule is CC1c2nnc(C(F)(F)F)n2CCN1C(=O)C[C@H](N)Cc1cc(F)c(F)cc1F.Cl. The van der Waals surface area contributed by atoms with Crippen molar-refractivity contribution in [1.82, 2.24) is 19.7 Å². The molecule has 1 aliphatic rings. The van der Waals surface area contributed by atoms with E-state index in [0.29, 0.717) is 12.1 Å². The third-order valence-corrected chi connectivity index (χ3v) is 4.77. The summed E-state index contributed by atoms with van der Waals surface area (Å²) < 4.78 is 79.8. The fraction of sp³-hybridized carbons (Fsp3) is 0.471. The quantitative estimate of drug-likeness (QED) is 0.565. The van der Waals surface area contributed by atoms with Gasteiger partial charge in [-0.05, 0) is 25.0 Å². The van der Waals surface area contributed by atoms with Crippen molar-refractivity contribution in [2.45, 2.75) is 44.6 Å². The van der Waals surface area contributed by atoms with Crippen molar-refractivity contribution in [2.24, 2.45) is 5.73 Å². The molecule has 0 aliphatic carbocycles. The second-order valence-electron chi connectivity index (χ2n) is 6.82. The lowest BCUT2D eigenvalue weighted by Crippen LogP contribution is -2.44. The van der Waals surface area contributed by atoms with Crippen molar-refractivity contribution in [3.8, 4) is 0 Å². The normalized spacial score (nSPS) is 17.3. The maximum Gasteiger partial charge on any atom is 0.451 e. The lowest BCUT2D eigenvalue weighted by Gasteiger charge is -2.34. The largest absolute Gasteiger partial charge is 0.451 e. The van der Waals surface area contributed by atoms with E-state index < -0.39 is 47.4 Å². The van der Waals surface area contributed by atoms with E-state index in [9.17, 15) is 31.1 Å². The van der Waals surface area contributed by atoms with E-state index in [-0.39, 0.29) is 49.7 Å². The summed E-state index contributed by atoms with van der Waals surface area (Å²) >= 11 is 0. The van der Waals surface area contributed by atoms with Gasteiger partial charge in [0.2, 0.25) is 11.7 Å². The van der Waals surface area contributed by atoms with Gasteiger partial charge < -0.3 is 15.2 Å². The number of nitrogens with zero attached hydrogens (tertiary/aromatic N) is 4. The van der Waals surface area contributed by atoms with Crippen LogP contribution in [-0.2, 0) is 23.9 Å². The van der Waals surface area contributed by atoms with Gasteiger partial charge in [0.15, 0.2) is 17.5 Å². The van der Waals surface area contributed by atoms with Gasteiger partial charge in [-0.1, -0.05) is 0 Å². The number of hydrogen-bond donors (Lipinski definition) is 1. The Kier molecular flexibility index (Phi) is 7.02. The zero-order chi connectivity index (χ0) is 21.5. The molecule has 3 rings (SSSR count). The molecule has 6 nitrogen and oxygen atoms in total. The minimum atomic E-state index is -4.66. The summed E-state index contributed by atoms with van der Waals surface area (Å²) in [5, 5.41) is 6.73. The lowest BCUT2D eigenvalue weighted by atomic mass is 10.0. The number of aromatic nitrogens is 3. The van der Waals surface area contributed by atoms with Gasteiger partial charge in [0.25, 0.3) is 0 Å². The Balaban J connectivity index is 0.00000320. The second-order valence-corrected chi connectivity index (χ2v) is 6.82. The van der Waals surface area contributed by atoms with Gasteiger partial charge in [-0.25, -0.2) is 13.2 Å². The number of amides is 1. The standard InChI is InChI=1S/C17H17F6N5O.ClH/c1-8-15-25-26-16(17(21,22)23)28(15)3-2-27(8)14(29)6-10(24)4-9-5-12(19)13(20)7-11(9)18;/h5,7-8,10H,2-4,6,24H2,1H3;1H/t8?,10-;/m1./s1. The first-order valence-electron chi connectivity index (χ1n) is 8.67. The summed E-state index contributed by atoms with van der Waals surface area (Å²) in [7, 11) is 0. The number of alkyl halides is 3. The first-order valence-corrected chi connectivity index (χ1v) is 8.67. The molecule has 13 heteroatoms. The number of fused-ring (bicyclic) bond motifs is 1. The molecule has 1 aromatic carbocycles. The molecule has 1 amide bonds. The van der Waals surface area contributed by atoms with E-state index in [4.69, 9.17) is 5.73 Å². The molecule has 0 saturated carbocycles. The molecule has 0 bridgehead atoms. The van der Waals surface area contributed by atoms with Crippen molar-refractivity contribution < 1.29 is 31.1 Å². The maximum absolute atomic E-state index is 13.7. The molecule has 2 N–H and O–H groups in total. The number of hydrogen-bond acceptors (Lipinski definition) is 4. The van der Waals surface area contributed by atoms with E-state index in [1.54, 1.807) is 0 Å². The zero-order valence-corrected chi connectivity index (χ0v) is 16.4. The average Bonchev–Trinajstić information content (AvgIpc) is 3.05. The highest BCUT2D eigenvalue weighted by atomic mass is 35.5. The fourth-order valence-electron chi connectivity index (χ4n) is 3.35. The van der Waals surface area contributed by atoms with E-state index in [1.807, 2.05) is 0 Å². The fourth-order valence-corrected chi connectivity index (χ4v) is 3.35. The Morgan fingerprint density at radius 1 is 1.17 bits per heavy atom. The Bertz CT molecular complexity index is 934. The number of nitrogens with two attached hydrogens (primary N) is 1. The average molecular weight is 458 g/mol. The highest BCUT2D eigenvalue weighted by molar-refractivity contribution is 5.85. The molecular formula is C17H18ClF6N5O. The van der Waals surface area contributed by atoms with Crippen molar-refractivity contribution >= 4 is 18.3 Å². The third-order valence-electron chi connectivity index (χ3n) is 4.77. The number of rotatable bonds is 4. The summed E-state index contributed by atoms with van der Waals surface area (Å²) in [6.07, 6.45) is -5.14. The summed E-state index contributed by atoms with van der Waals surface area (Å²) in [6, 6.07) is -0.594. The number of halogens is 7. The molecule has 2 heterocycles. The molecule has 0 fully saturated rings. The van der Waals surface area contributed by atoms with Crippen LogP contribution in [0.25, 0.3) is 0 Å². The van der Waals surface area contributed by atoms with Gasteiger partial charge in [0.05, 0.1) is 6.04 Å². The van der Waals surface area contributed by atoms with Gasteiger partial charge in [-0.15, -0.1) is 22.6 Å². The van der Waals surface area contributed by atoms with Crippen molar-refractivity contribution in [1.29, 1.82) is 0 Å². The minimum absolute atomic E-state index is 0. The van der Waals surface area contributed by atoms with Crippen molar-refractivity contribution in [3.63, 3.8) is 0 Å². The topological polar surface area (TPSA) is 77.0 Å². The van der Waals surface area contributed by atoms with Crippen LogP contribution >= 0.6 is 12.4 Å². The zero-order valence-electron chi connectivity index (χ0n) is 15.6. The second kappa shape index (κ2) is 8.80. The van der Waals surface area contributed by atoms with E-state index in [2.05, 4.69) is 10.2 Å². The van der Waals surface area contributed by atoms with Crippen LogP contribution in [0.5, 0.6) is 0 Å². The van der Waals surface area contributed by atoms with Crippen LogP contribution in [0.1, 0.15) is 36.6 Å². The molecule has 2 aromatic rings. The molecule has 1 aromatic heterocycles. The summed E-state index contributed by atoms with van der Waals surface area (Å²) in [5.74, 6) is -5.15. The maximum atomic E-state index is 13.7. The molecule has 0 saturated heterocycles. The Hall–Kier alpha value is -2.34. The van der Waals surface area contributed by atoms with Gasteiger partial charge in [0.1, 0.15) is 5.82 Å². The van der Waals surface area contributed by atoms with Gasteiger partial charge in [-0.3, -0.25) is 4.79 Å². The first-order chi connectivity index (χ1) is 13.5. The molecule has 1 aliphatic heterocycles. The van der Waals surface area contributed by atoms with Crippen molar-refractivity contribution in [3.05, 3.63) is 46.8 Å². The monoisotopic (exact) mass is 457 g/mol. The first kappa shape index (κ1) is 23.9. The number of benzene rings is 1. The van der Waals surface area contributed by atoms with Crippen LogP contribution in [0.3, 0.4) is 0 Å². The molecule has 2 atom stereocenters. The van der Waals surface area contributed by atoms with E-state index in [1.165, 1.54) is 11.8 Å². The van der Waals surface area contributed by atoms with E-state index >= 15 is 0 Å². The van der Waals surface area contributed by atoms with Crippen LogP contribution < -0.4 is 5.73 Å². The summed E-state index contributed by atoms with van der Waals surface area (Å²) in [6.45, 7) is 1.36. The molecule has 0 spiro atoms. The highest BCUT2D eigenvalue weighted by Gasteiger charge is 2.41. The van der Waals surface area contributed by atoms with Crippen LogP contribution in [0.2, 0.25) is 0 Å². The Morgan fingerprint density at radius 3 is 2.43 bits per heavy atom. The van der Waals surface area contributed by atoms with Gasteiger partial charge in [0, 0.05) is 31.6 Å². The molecule has 1 unspecified atom stereocenters. The lowest BCUT2D eigenvalue weighted by molar-refractivity contribution is -0.148. The van der Waals surface area contributed by atoms with Crippen LogP contribution in [-0.4, -0.2) is 38.2 Å². The smallest absolute Gasteiger partial charge is 0.331 e. The van der Waals surface area contributed by atoms with Crippen LogP contribution in [0.4, 0.5) is 26.3 Å². The molecule has 166 valence electrons. The van der Waals surface area contributed by atoms with Gasteiger partial charge in [-0.2, -0.15) is 13.2 Å². The molecule has 0 radical (unpaired) electrons. The van der Waals surface area contributed by atoms with E-state index in [0.717, 1.165) is 4.57 Å². The predicted octanol–water partition coefficient (Wildman–Crippen LogP) is 3.00. The third kappa shape index (κ3) is 4.69. The number of carbonyl (C=O) groups is 1.